The minimum absolute atomic E-state index is 0.0335. The highest BCUT2D eigenvalue weighted by atomic mass is 35.5. The summed E-state index contributed by atoms with van der Waals surface area (Å²) in [5.74, 6) is -0.752. The van der Waals surface area contributed by atoms with Crippen molar-refractivity contribution in [3.8, 4) is 0 Å². The number of ether oxygens (including phenoxy) is 1. The molecular formula is C16H13ClN2O3S2. The Bertz CT molecular complexity index is 987. The first-order valence-corrected chi connectivity index (χ1v) is 9.06. The largest absolute Gasteiger partial charge is 0.468 e. The normalized spacial score (nSPS) is 11.9. The van der Waals surface area contributed by atoms with E-state index >= 15 is 0 Å². The summed E-state index contributed by atoms with van der Waals surface area (Å²) in [5, 5.41) is 2.41. The average Bonchev–Trinajstić information content (AvgIpc) is 3.20. The van der Waals surface area contributed by atoms with Crippen molar-refractivity contribution < 1.29 is 14.3 Å². The zero-order valence-electron chi connectivity index (χ0n) is 12.9. The van der Waals surface area contributed by atoms with Crippen molar-refractivity contribution in [2.24, 2.45) is 4.99 Å². The number of hydrogen-bond acceptors (Lipinski definition) is 5. The number of rotatable bonds is 3. The minimum Gasteiger partial charge on any atom is -0.468 e. The van der Waals surface area contributed by atoms with Crippen molar-refractivity contribution in [1.29, 1.82) is 0 Å². The number of aromatic nitrogens is 1. The van der Waals surface area contributed by atoms with Gasteiger partial charge in [-0.15, -0.1) is 11.3 Å². The Hall–Kier alpha value is -1.96. The van der Waals surface area contributed by atoms with Crippen LogP contribution in [-0.2, 0) is 16.1 Å². The number of aryl methyl sites for hydroxylation is 1. The lowest BCUT2D eigenvalue weighted by molar-refractivity contribution is -0.141. The van der Waals surface area contributed by atoms with Crippen LogP contribution in [0.1, 0.15) is 15.2 Å². The third-order valence-corrected chi connectivity index (χ3v) is 5.78. The molecule has 2 heterocycles. The lowest BCUT2D eigenvalue weighted by atomic mass is 10.2. The molecule has 0 unspecified atom stereocenters. The zero-order chi connectivity index (χ0) is 17.3. The molecule has 1 amide bonds. The Morgan fingerprint density at radius 1 is 1.33 bits per heavy atom. The van der Waals surface area contributed by atoms with Crippen molar-refractivity contribution in [1.82, 2.24) is 4.57 Å². The molecule has 8 heteroatoms. The Balaban J connectivity index is 2.23. The number of carbonyl (C=O) groups excluding carboxylic acids is 2. The van der Waals surface area contributed by atoms with Crippen molar-refractivity contribution in [2.75, 3.05) is 7.11 Å². The van der Waals surface area contributed by atoms with E-state index in [0.29, 0.717) is 14.7 Å². The molecule has 0 saturated heterocycles. The summed E-state index contributed by atoms with van der Waals surface area (Å²) < 4.78 is 7.34. The molecule has 1 aromatic carbocycles. The number of methoxy groups -OCH3 is 1. The number of thiophene rings is 1. The fraction of sp³-hybridized carbons (Fsp3) is 0.188. The summed E-state index contributed by atoms with van der Waals surface area (Å²) in [7, 11) is 1.32. The predicted molar refractivity (Wildman–Crippen MR) is 95.8 cm³/mol. The quantitative estimate of drug-likeness (QED) is 0.652. The fourth-order valence-corrected chi connectivity index (χ4v) is 4.13. The van der Waals surface area contributed by atoms with E-state index in [4.69, 9.17) is 16.3 Å². The van der Waals surface area contributed by atoms with E-state index in [1.165, 1.54) is 29.8 Å². The maximum atomic E-state index is 12.3. The zero-order valence-corrected chi connectivity index (χ0v) is 15.3. The van der Waals surface area contributed by atoms with E-state index in [2.05, 4.69) is 4.99 Å². The monoisotopic (exact) mass is 380 g/mol. The molecule has 0 aliphatic heterocycles. The highest BCUT2D eigenvalue weighted by molar-refractivity contribution is 7.16. The first kappa shape index (κ1) is 16.9. The molecule has 0 aliphatic rings. The first-order valence-electron chi connectivity index (χ1n) is 6.99. The van der Waals surface area contributed by atoms with Gasteiger partial charge in [0.1, 0.15) is 6.54 Å². The topological polar surface area (TPSA) is 60.7 Å². The Morgan fingerprint density at radius 3 is 2.79 bits per heavy atom. The van der Waals surface area contributed by atoms with Crippen molar-refractivity contribution >= 4 is 56.4 Å². The Kier molecular flexibility index (Phi) is 4.84. The standard InChI is InChI=1S/C16H13ClN2O3S2/c1-9-10(17)5-6-11-14(9)19(8-13(20)22-2)16(24-11)18-15(21)12-4-3-7-23-12/h3-7H,8H2,1-2H3. The molecule has 0 fully saturated rings. The minimum atomic E-state index is -0.418. The SMILES string of the molecule is COC(=O)Cn1c(=NC(=O)c2cccs2)sc2ccc(Cl)c(C)c21. The van der Waals surface area contributed by atoms with Crippen LogP contribution in [0.2, 0.25) is 5.02 Å². The van der Waals surface area contributed by atoms with Gasteiger partial charge in [0.15, 0.2) is 4.80 Å². The lowest BCUT2D eigenvalue weighted by Crippen LogP contribution is -2.22. The summed E-state index contributed by atoms with van der Waals surface area (Å²) in [6, 6.07) is 7.17. The molecule has 3 aromatic rings. The molecule has 0 spiro atoms. The average molecular weight is 381 g/mol. The fourth-order valence-electron chi connectivity index (χ4n) is 2.28. The molecule has 2 aromatic heterocycles. The van der Waals surface area contributed by atoms with Crippen LogP contribution in [0.3, 0.4) is 0 Å². The number of esters is 1. The highest BCUT2D eigenvalue weighted by Gasteiger charge is 2.15. The number of carbonyl (C=O) groups is 2. The van der Waals surface area contributed by atoms with Gasteiger partial charge in [0, 0.05) is 5.02 Å². The van der Waals surface area contributed by atoms with Crippen LogP contribution in [0.4, 0.5) is 0 Å². The van der Waals surface area contributed by atoms with Gasteiger partial charge in [-0.2, -0.15) is 4.99 Å². The second-order valence-electron chi connectivity index (χ2n) is 4.96. The molecule has 24 heavy (non-hydrogen) atoms. The summed E-state index contributed by atoms with van der Waals surface area (Å²) >= 11 is 8.87. The van der Waals surface area contributed by atoms with Gasteiger partial charge in [0.2, 0.25) is 0 Å². The van der Waals surface area contributed by atoms with Crippen molar-refractivity contribution in [3.63, 3.8) is 0 Å². The number of nitrogens with zero attached hydrogens (tertiary/aromatic N) is 2. The molecular weight excluding hydrogens is 368 g/mol. The Morgan fingerprint density at radius 2 is 2.12 bits per heavy atom. The van der Waals surface area contributed by atoms with Crippen LogP contribution in [0, 0.1) is 6.92 Å². The molecule has 0 N–H and O–H groups in total. The number of thiazole rings is 1. The van der Waals surface area contributed by atoms with Crippen LogP contribution in [-0.4, -0.2) is 23.6 Å². The maximum absolute atomic E-state index is 12.3. The summed E-state index contributed by atoms with van der Waals surface area (Å²) in [5.41, 5.74) is 1.62. The van der Waals surface area contributed by atoms with Crippen LogP contribution < -0.4 is 4.80 Å². The predicted octanol–water partition coefficient (Wildman–Crippen LogP) is 3.64. The van der Waals surface area contributed by atoms with E-state index in [9.17, 15) is 9.59 Å². The second kappa shape index (κ2) is 6.88. The third-order valence-electron chi connectivity index (χ3n) is 3.47. The van der Waals surface area contributed by atoms with E-state index in [-0.39, 0.29) is 12.5 Å². The van der Waals surface area contributed by atoms with Crippen molar-refractivity contribution in [3.05, 3.63) is 49.9 Å². The van der Waals surface area contributed by atoms with E-state index < -0.39 is 5.97 Å². The van der Waals surface area contributed by atoms with Gasteiger partial charge in [0.25, 0.3) is 5.91 Å². The summed E-state index contributed by atoms with van der Waals surface area (Å²) in [4.78, 5) is 29.3. The molecule has 0 aliphatic carbocycles. The van der Waals surface area contributed by atoms with E-state index in [1.54, 1.807) is 22.8 Å². The van der Waals surface area contributed by atoms with Gasteiger partial charge in [-0.1, -0.05) is 29.0 Å². The van der Waals surface area contributed by atoms with Crippen LogP contribution in [0.25, 0.3) is 10.2 Å². The van der Waals surface area contributed by atoms with Gasteiger partial charge in [0.05, 0.1) is 22.2 Å². The Labute approximate surface area is 150 Å². The smallest absolute Gasteiger partial charge is 0.325 e. The summed E-state index contributed by atoms with van der Waals surface area (Å²) in [6.07, 6.45) is 0. The second-order valence-corrected chi connectivity index (χ2v) is 7.32. The molecule has 0 saturated carbocycles. The van der Waals surface area contributed by atoms with Gasteiger partial charge in [-0.3, -0.25) is 9.59 Å². The molecule has 0 atom stereocenters. The molecule has 0 bridgehead atoms. The van der Waals surface area contributed by atoms with Crippen molar-refractivity contribution in [2.45, 2.75) is 13.5 Å². The van der Waals surface area contributed by atoms with Crippen LogP contribution in [0.15, 0.2) is 34.6 Å². The number of benzene rings is 1. The number of hydrogen-bond donors (Lipinski definition) is 0. The first-order chi connectivity index (χ1) is 11.5. The lowest BCUT2D eigenvalue weighted by Gasteiger charge is -2.06. The molecule has 5 nitrogen and oxygen atoms in total. The van der Waals surface area contributed by atoms with Gasteiger partial charge >= 0.3 is 5.97 Å². The molecule has 124 valence electrons. The highest BCUT2D eigenvalue weighted by Crippen LogP contribution is 2.27. The van der Waals surface area contributed by atoms with Crippen LogP contribution in [0.5, 0.6) is 0 Å². The van der Waals surface area contributed by atoms with Gasteiger partial charge in [-0.25, -0.2) is 0 Å². The number of fused-ring (bicyclic) bond motifs is 1. The number of halogens is 1. The third kappa shape index (κ3) is 3.15. The summed E-state index contributed by atoms with van der Waals surface area (Å²) in [6.45, 7) is 1.84. The maximum Gasteiger partial charge on any atom is 0.325 e. The van der Waals surface area contributed by atoms with Gasteiger partial charge in [-0.05, 0) is 36.1 Å². The molecule has 3 rings (SSSR count). The van der Waals surface area contributed by atoms with E-state index in [0.717, 1.165) is 15.8 Å². The van der Waals surface area contributed by atoms with E-state index in [1.807, 2.05) is 18.4 Å². The number of amides is 1. The molecule has 0 radical (unpaired) electrons. The van der Waals surface area contributed by atoms with Crippen LogP contribution >= 0.6 is 34.3 Å². The van der Waals surface area contributed by atoms with Gasteiger partial charge < -0.3 is 9.30 Å².